The van der Waals surface area contributed by atoms with Crippen molar-refractivity contribution in [2.45, 2.75) is 77.2 Å². The third-order valence-electron chi connectivity index (χ3n) is 25.9. The van der Waals surface area contributed by atoms with Crippen LogP contribution in [0.3, 0.4) is 0 Å². The molecule has 27 heteroatoms. The van der Waals surface area contributed by atoms with Gasteiger partial charge in [0.15, 0.2) is 0 Å². The molecule has 18 aromatic rings. The lowest BCUT2D eigenvalue weighted by Crippen LogP contribution is -2.41. The smallest absolute Gasteiger partial charge is 0.261 e. The van der Waals surface area contributed by atoms with Crippen LogP contribution < -0.4 is 10.8 Å². The lowest BCUT2D eigenvalue weighted by molar-refractivity contribution is -0.0347. The second-order valence-corrected chi connectivity index (χ2v) is 36.5. The Bertz CT molecular complexity index is 7570. The summed E-state index contributed by atoms with van der Waals surface area (Å²) in [6, 6.07) is 81.7. The van der Waals surface area contributed by atoms with Gasteiger partial charge < -0.3 is 76.7 Å². The van der Waals surface area contributed by atoms with Crippen molar-refractivity contribution in [2.24, 2.45) is 4.99 Å². The number of rotatable bonds is 39. The maximum Gasteiger partial charge on any atom is 0.261 e. The number of aryl methyl sites for hydroxylation is 1. The van der Waals surface area contributed by atoms with Crippen molar-refractivity contribution in [3.05, 3.63) is 321 Å². The number of benzene rings is 14. The van der Waals surface area contributed by atoms with Crippen LogP contribution in [-0.2, 0) is 89.8 Å². The average molecular weight is 1950 g/mol. The summed E-state index contributed by atoms with van der Waals surface area (Å²) in [4.78, 5) is 76.7. The Balaban J connectivity index is 0.000000133. The third kappa shape index (κ3) is 24.7. The molecular formula is C118H125N11O16. The van der Waals surface area contributed by atoms with Crippen LogP contribution in [0.2, 0.25) is 0 Å². The number of carbonyl (C=O) groups is 2. The average Bonchev–Trinajstić information content (AvgIpc) is 1.45. The minimum atomic E-state index is -0.250. The number of methoxy groups -OCH3 is 8. The Kier molecular flexibility index (Phi) is 35.9. The highest BCUT2D eigenvalue weighted by molar-refractivity contribution is 6.30. The lowest BCUT2D eigenvalue weighted by Gasteiger charge is -2.27. The fourth-order valence-corrected chi connectivity index (χ4v) is 18.3. The van der Waals surface area contributed by atoms with Gasteiger partial charge in [0.05, 0.1) is 141 Å². The minimum Gasteiger partial charge on any atom is -0.494 e. The van der Waals surface area contributed by atoms with Crippen LogP contribution >= 0.6 is 0 Å². The molecule has 2 amide bonds. The standard InChI is InChI=1S/C31H35N3O5.C28H26N2O3.C27H26N2O3.C19H18N4O2.C13H20O3/c1-33(2)13-6-14-34-30(35)24-8-5-7-23-25-15-27(32-28(25)16-26(29(23)24)31(34)36)21-11-9-20(10-12-21)17-39-19-22(38-4)18-37-3;1-31-17-21(32-2)18-33-16-19-11-13-20(14-12-19)26-15-29-27-24-9-5-3-7-22(24)23-8-4-6-10-25(23)28(27)30-26;1-30-16-20(31-2)17-32-15-18-11-13-19(14-12-18)27-28-25-23-9-5-3-7-21(23)22-8-4-6-10-24(22)26(25)29-27;1-22(2)9-4-10-23-18(24)13-6-3-5-12-16(13)14(19(23)25)11-15-17(12)21-8-7-20-15;1-11-4-6-12(7-5-11)8-16-10-13(15-3)9-14-2/h5,7-12,15-16,22,36H,6,13-14,17-19H2,1-4H3;3-15,21H,16-18H2,1-2H3;3-14,20H,15-17H2,1-2H3,(H,28,29);3,5-8,11H,4,9-10H2,1-2H3;4-7,13H,8-10H2,1-3H3. The number of imidazole rings is 1. The summed E-state index contributed by atoms with van der Waals surface area (Å²) < 4.78 is 66.0. The van der Waals surface area contributed by atoms with Gasteiger partial charge in [-0.1, -0.05) is 224 Å². The molecule has 0 saturated carbocycles. The Morgan fingerprint density at radius 1 is 0.386 bits per heavy atom. The number of nitrogens with one attached hydrogen (secondary N) is 1. The molecule has 4 aromatic heterocycles. The number of pyridine rings is 1. The molecule has 0 fully saturated rings. The van der Waals surface area contributed by atoms with Gasteiger partial charge in [-0.15, -0.1) is 0 Å². The number of amides is 2. The number of aromatic amines is 1. The first-order valence-electron chi connectivity index (χ1n) is 48.6. The topological polar surface area (TPSA) is 289 Å². The fraction of sp³-hybridized carbons (Fsp3) is 0.297. The largest absolute Gasteiger partial charge is 0.494 e. The molecule has 0 radical (unpaired) electrons. The maximum atomic E-state index is 13.3. The van der Waals surface area contributed by atoms with E-state index in [2.05, 4.69) is 203 Å². The number of hydrogen-bond donors (Lipinski definition) is 2. The molecule has 0 saturated heterocycles. The number of aliphatic imine (C=N–C) groups is 1. The monoisotopic (exact) mass is 1950 g/mol. The molecular weight excluding hydrogens is 1830 g/mol. The minimum absolute atomic E-state index is 0.000490. The van der Waals surface area contributed by atoms with Gasteiger partial charge in [-0.25, -0.2) is 15.0 Å². The normalized spacial score (nSPS) is 13.2. The number of ether oxygens (including phenoxy) is 12. The quantitative estimate of drug-likeness (QED) is 0.0267. The molecule has 2 N–H and O–H groups in total. The second kappa shape index (κ2) is 50.0. The van der Waals surface area contributed by atoms with E-state index in [1.807, 2.05) is 100.0 Å². The molecule has 2 aliphatic heterocycles. The summed E-state index contributed by atoms with van der Waals surface area (Å²) in [6.07, 6.45) is 8.45. The Morgan fingerprint density at radius 2 is 0.821 bits per heavy atom. The molecule has 27 nitrogen and oxygen atoms in total. The number of hydrogen-bond acceptors (Lipinski definition) is 24. The lowest BCUT2D eigenvalue weighted by atomic mass is 9.93. The molecule has 14 aromatic carbocycles. The molecule has 748 valence electrons. The van der Waals surface area contributed by atoms with Crippen molar-refractivity contribution >= 4 is 138 Å². The van der Waals surface area contributed by atoms with E-state index in [1.165, 1.54) is 47.5 Å². The summed E-state index contributed by atoms with van der Waals surface area (Å²) in [5.74, 6) is 0.387. The van der Waals surface area contributed by atoms with E-state index in [1.54, 1.807) is 81.4 Å². The van der Waals surface area contributed by atoms with Gasteiger partial charge in [-0.05, 0) is 141 Å². The van der Waals surface area contributed by atoms with Gasteiger partial charge in [-0.3, -0.25) is 38.8 Å². The van der Waals surface area contributed by atoms with E-state index in [-0.39, 0.29) is 47.7 Å². The van der Waals surface area contributed by atoms with Crippen LogP contribution in [0, 0.1) is 6.92 Å². The Morgan fingerprint density at radius 3 is 1.34 bits per heavy atom. The number of aromatic hydroxyl groups is 1. The summed E-state index contributed by atoms with van der Waals surface area (Å²) in [5.41, 5.74) is 17.5. The van der Waals surface area contributed by atoms with Crippen molar-refractivity contribution in [3.8, 4) is 28.5 Å². The molecule has 145 heavy (non-hydrogen) atoms. The van der Waals surface area contributed by atoms with E-state index >= 15 is 0 Å². The van der Waals surface area contributed by atoms with E-state index in [0.717, 1.165) is 142 Å². The highest BCUT2D eigenvalue weighted by Gasteiger charge is 2.34. The van der Waals surface area contributed by atoms with Gasteiger partial charge in [0, 0.05) is 158 Å². The zero-order chi connectivity index (χ0) is 101. The number of nitrogens with zero attached hydrogens (tertiary/aromatic N) is 10. The summed E-state index contributed by atoms with van der Waals surface area (Å²) in [6.45, 7) is 10.8. The van der Waals surface area contributed by atoms with Crippen LogP contribution in [0.1, 0.15) is 66.9 Å². The number of H-pyrrole nitrogens is 1. The van der Waals surface area contributed by atoms with Gasteiger partial charge >= 0.3 is 0 Å². The SMILES string of the molecule is CN(C)CCCN1C(=O)c2cccc3c2c(cc2nccnc23)C1=O.COCC(COCc1ccc(-c2cnc3c4ccccc4c4ccccc4c3n2)cc1)OC.COCC(COCc1ccc(-c2nc3c4ccccc4c4ccccc4c3[nH]2)cc1)OC.COCC(COCc1ccc(C)cc1)OC.COCC(COCc1ccc(C2=Nc3cc4c(O)n(CCCN(C)C)c(=O)c5cccc(c3=C2)c45)cc1)OC. The number of fused-ring (bicyclic) bond motifs is 16. The third-order valence-corrected chi connectivity index (χ3v) is 25.9. The highest BCUT2D eigenvalue weighted by Crippen LogP contribution is 2.40. The van der Waals surface area contributed by atoms with Crippen molar-refractivity contribution < 1.29 is 71.5 Å². The van der Waals surface area contributed by atoms with Crippen LogP contribution in [0.5, 0.6) is 5.88 Å². The van der Waals surface area contributed by atoms with E-state index in [9.17, 15) is 19.5 Å². The number of aromatic nitrogens is 7. The summed E-state index contributed by atoms with van der Waals surface area (Å²) in [5, 5.41) is 26.1. The first-order valence-corrected chi connectivity index (χ1v) is 48.6. The van der Waals surface area contributed by atoms with Gasteiger partial charge in [0.25, 0.3) is 17.4 Å². The summed E-state index contributed by atoms with van der Waals surface area (Å²) in [7, 11) is 21.2. The molecule has 6 heterocycles. The maximum absolute atomic E-state index is 13.3. The Labute approximate surface area is 843 Å². The number of imide groups is 1. The van der Waals surface area contributed by atoms with Crippen molar-refractivity contribution in [2.75, 3.05) is 158 Å². The van der Waals surface area contributed by atoms with Crippen LogP contribution in [0.15, 0.2) is 271 Å². The molecule has 4 atom stereocenters. The zero-order valence-electron chi connectivity index (χ0n) is 84.5. The zero-order valence-corrected chi connectivity index (χ0v) is 84.5. The predicted molar refractivity (Wildman–Crippen MR) is 575 cm³/mol. The van der Waals surface area contributed by atoms with Crippen LogP contribution in [0.25, 0.3) is 137 Å². The van der Waals surface area contributed by atoms with Gasteiger partial charge in [-0.2, -0.15) is 0 Å². The van der Waals surface area contributed by atoms with Crippen molar-refractivity contribution in [1.29, 1.82) is 0 Å². The Hall–Kier alpha value is -14.0. The predicted octanol–water partition coefficient (Wildman–Crippen LogP) is 19.6. The molecule has 0 spiro atoms. The van der Waals surface area contributed by atoms with Gasteiger partial charge in [0.1, 0.15) is 30.2 Å². The van der Waals surface area contributed by atoms with Crippen molar-refractivity contribution in [1.82, 2.24) is 49.2 Å². The first-order chi connectivity index (χ1) is 70.8. The van der Waals surface area contributed by atoms with E-state index in [4.69, 9.17) is 76.8 Å². The molecule has 4 unspecified atom stereocenters. The van der Waals surface area contributed by atoms with Crippen LogP contribution in [-0.4, -0.2) is 254 Å². The summed E-state index contributed by atoms with van der Waals surface area (Å²) >= 11 is 0. The second-order valence-electron chi connectivity index (χ2n) is 36.5. The van der Waals surface area contributed by atoms with E-state index < -0.39 is 0 Å². The molecule has 2 aliphatic rings. The van der Waals surface area contributed by atoms with E-state index in [0.29, 0.717) is 131 Å². The van der Waals surface area contributed by atoms with Gasteiger partial charge in [0.2, 0.25) is 5.88 Å². The highest BCUT2D eigenvalue weighted by atomic mass is 16.6. The van der Waals surface area contributed by atoms with Crippen LogP contribution in [0.4, 0.5) is 5.69 Å². The fourth-order valence-electron chi connectivity index (χ4n) is 18.3. The first kappa shape index (κ1) is 104. The number of carbonyl (C=O) groups excluding carboxylic acids is 2. The molecule has 20 rings (SSSR count). The molecule has 0 bridgehead atoms. The molecule has 0 aliphatic carbocycles. The van der Waals surface area contributed by atoms with Crippen molar-refractivity contribution in [3.63, 3.8) is 0 Å².